The number of carbonyl (C=O) groups excluding carboxylic acids is 1. The van der Waals surface area contributed by atoms with E-state index in [9.17, 15) is 4.79 Å². The van der Waals surface area contributed by atoms with Crippen LogP contribution in [-0.2, 0) is 11.2 Å². The average Bonchev–Trinajstić information content (AvgIpc) is 3.09. The molecule has 1 aliphatic heterocycles. The first kappa shape index (κ1) is 21.7. The lowest BCUT2D eigenvalue weighted by molar-refractivity contribution is -0.124. The van der Waals surface area contributed by atoms with Crippen LogP contribution in [0.4, 0.5) is 5.69 Å². The topological polar surface area (TPSA) is 41.9 Å². The summed E-state index contributed by atoms with van der Waals surface area (Å²) < 4.78 is 5.37. The Bertz CT molecular complexity index is 1020. The Balaban J connectivity index is 1.71. The molecule has 4 nitrogen and oxygen atoms in total. The maximum atomic E-state index is 13.5. The van der Waals surface area contributed by atoms with Crippen LogP contribution >= 0.6 is 11.8 Å². The Morgan fingerprint density at radius 1 is 1.16 bits per heavy atom. The highest BCUT2D eigenvalue weighted by Crippen LogP contribution is 2.39. The standard InChI is InChI=1S/C26H30N2O2S/c1-4-20-10-8-9-13-22(20)27-26-28(21-11-6-5-7-12-21)25(29)24(31-26)17-19-14-15-23(30-3)18(2)16-19/h8-10,13-17,21H,4-7,11-12H2,1-3H3/b24-17+,27-26?. The molecule has 2 aromatic carbocycles. The van der Waals surface area contributed by atoms with E-state index in [-0.39, 0.29) is 11.9 Å². The van der Waals surface area contributed by atoms with Gasteiger partial charge in [-0.2, -0.15) is 0 Å². The van der Waals surface area contributed by atoms with Crippen molar-refractivity contribution in [2.75, 3.05) is 7.11 Å². The lowest BCUT2D eigenvalue weighted by Crippen LogP contribution is -2.40. The molecule has 2 fully saturated rings. The molecule has 0 radical (unpaired) electrons. The normalized spacial score (nSPS) is 20.1. The van der Waals surface area contributed by atoms with Gasteiger partial charge in [-0.3, -0.25) is 9.69 Å². The first-order valence-electron chi connectivity index (χ1n) is 11.1. The quantitative estimate of drug-likeness (QED) is 0.504. The summed E-state index contributed by atoms with van der Waals surface area (Å²) in [7, 11) is 1.68. The number of thioether (sulfide) groups is 1. The van der Waals surface area contributed by atoms with Crippen molar-refractivity contribution < 1.29 is 9.53 Å². The average molecular weight is 435 g/mol. The van der Waals surface area contributed by atoms with Crippen molar-refractivity contribution in [2.45, 2.75) is 58.4 Å². The van der Waals surface area contributed by atoms with Gasteiger partial charge >= 0.3 is 0 Å². The lowest BCUT2D eigenvalue weighted by Gasteiger charge is -2.30. The van der Waals surface area contributed by atoms with Crippen LogP contribution in [0.2, 0.25) is 0 Å². The van der Waals surface area contributed by atoms with Gasteiger partial charge in [0.05, 0.1) is 17.7 Å². The van der Waals surface area contributed by atoms with Gasteiger partial charge in [0.15, 0.2) is 5.17 Å². The smallest absolute Gasteiger partial charge is 0.267 e. The van der Waals surface area contributed by atoms with Gasteiger partial charge in [-0.15, -0.1) is 0 Å². The molecule has 0 spiro atoms. The molecule has 1 saturated carbocycles. The molecule has 5 heteroatoms. The molecular weight excluding hydrogens is 404 g/mol. The second kappa shape index (κ2) is 9.73. The van der Waals surface area contributed by atoms with Gasteiger partial charge in [0.25, 0.3) is 5.91 Å². The zero-order chi connectivity index (χ0) is 21.8. The number of hydrogen-bond acceptors (Lipinski definition) is 4. The fourth-order valence-electron chi connectivity index (χ4n) is 4.39. The third kappa shape index (κ3) is 4.72. The molecule has 0 unspecified atom stereocenters. The number of nitrogens with zero attached hydrogens (tertiary/aromatic N) is 2. The highest BCUT2D eigenvalue weighted by Gasteiger charge is 2.38. The third-order valence-corrected chi connectivity index (χ3v) is 7.06. The first-order valence-corrected chi connectivity index (χ1v) is 12.0. The van der Waals surface area contributed by atoms with E-state index in [1.807, 2.05) is 48.2 Å². The summed E-state index contributed by atoms with van der Waals surface area (Å²) in [4.78, 5) is 21.2. The van der Waals surface area contributed by atoms with E-state index in [0.29, 0.717) is 0 Å². The van der Waals surface area contributed by atoms with Crippen LogP contribution in [0.15, 0.2) is 52.4 Å². The molecule has 162 valence electrons. The minimum atomic E-state index is 0.0816. The predicted molar refractivity (Wildman–Crippen MR) is 130 cm³/mol. The number of hydrogen-bond donors (Lipinski definition) is 0. The fourth-order valence-corrected chi connectivity index (χ4v) is 5.44. The Morgan fingerprint density at radius 2 is 1.94 bits per heavy atom. The Hall–Kier alpha value is -2.53. The van der Waals surface area contributed by atoms with Crippen LogP contribution in [0, 0.1) is 6.92 Å². The molecule has 2 aliphatic rings. The van der Waals surface area contributed by atoms with Crippen molar-refractivity contribution in [3.8, 4) is 5.75 Å². The van der Waals surface area contributed by atoms with Gasteiger partial charge in [-0.05, 0) is 78.9 Å². The van der Waals surface area contributed by atoms with Gasteiger partial charge in [0.1, 0.15) is 5.75 Å². The van der Waals surface area contributed by atoms with E-state index < -0.39 is 0 Å². The van der Waals surface area contributed by atoms with E-state index >= 15 is 0 Å². The fraction of sp³-hybridized carbons (Fsp3) is 0.385. The minimum Gasteiger partial charge on any atom is -0.496 e. The lowest BCUT2D eigenvalue weighted by atomic mass is 9.94. The third-order valence-electron chi connectivity index (χ3n) is 6.08. The molecule has 1 heterocycles. The number of amides is 1. The first-order chi connectivity index (χ1) is 15.1. The second-order valence-corrected chi connectivity index (χ2v) is 9.19. The van der Waals surface area contributed by atoms with Gasteiger partial charge in [0, 0.05) is 6.04 Å². The molecule has 1 saturated heterocycles. The summed E-state index contributed by atoms with van der Waals surface area (Å²) >= 11 is 1.50. The number of ether oxygens (including phenoxy) is 1. The van der Waals surface area contributed by atoms with Crippen molar-refractivity contribution in [2.24, 2.45) is 4.99 Å². The van der Waals surface area contributed by atoms with Gasteiger partial charge in [0.2, 0.25) is 0 Å². The van der Waals surface area contributed by atoms with Crippen LogP contribution in [0.1, 0.15) is 55.7 Å². The van der Waals surface area contributed by atoms with Crippen molar-refractivity contribution in [1.82, 2.24) is 4.90 Å². The summed E-state index contributed by atoms with van der Waals surface area (Å²) in [6.07, 6.45) is 8.62. The van der Waals surface area contributed by atoms with Crippen molar-refractivity contribution >= 4 is 34.6 Å². The number of aliphatic imine (C=N–C) groups is 1. The van der Waals surface area contributed by atoms with Crippen LogP contribution in [0.3, 0.4) is 0 Å². The van der Waals surface area contributed by atoms with Gasteiger partial charge < -0.3 is 4.74 Å². The van der Waals surface area contributed by atoms with E-state index in [0.717, 1.165) is 51.9 Å². The summed E-state index contributed by atoms with van der Waals surface area (Å²) in [5, 5.41) is 0.814. The van der Waals surface area contributed by atoms with Crippen molar-refractivity contribution in [1.29, 1.82) is 0 Å². The van der Waals surface area contributed by atoms with Crippen molar-refractivity contribution in [3.63, 3.8) is 0 Å². The molecule has 1 aliphatic carbocycles. The SMILES string of the molecule is CCc1ccccc1N=C1S/C(=C/c2ccc(OC)c(C)c2)C(=O)N1C1CCCCC1. The molecule has 0 N–H and O–H groups in total. The summed E-state index contributed by atoms with van der Waals surface area (Å²) in [6.45, 7) is 4.16. The molecule has 0 aromatic heterocycles. The summed E-state index contributed by atoms with van der Waals surface area (Å²) in [6, 6.07) is 14.5. The summed E-state index contributed by atoms with van der Waals surface area (Å²) in [5.74, 6) is 0.938. The Morgan fingerprint density at radius 3 is 2.65 bits per heavy atom. The monoisotopic (exact) mass is 434 g/mol. The number of benzene rings is 2. The molecule has 31 heavy (non-hydrogen) atoms. The second-order valence-electron chi connectivity index (χ2n) is 8.18. The molecular formula is C26H30N2O2S. The molecule has 0 atom stereocenters. The largest absolute Gasteiger partial charge is 0.496 e. The van der Waals surface area contributed by atoms with E-state index in [2.05, 4.69) is 19.1 Å². The van der Waals surface area contributed by atoms with E-state index in [1.165, 1.54) is 36.6 Å². The zero-order valence-electron chi connectivity index (χ0n) is 18.6. The minimum absolute atomic E-state index is 0.0816. The highest BCUT2D eigenvalue weighted by atomic mass is 32.2. The number of aryl methyl sites for hydroxylation is 2. The van der Waals surface area contributed by atoms with Crippen LogP contribution in [-0.4, -0.2) is 29.1 Å². The van der Waals surface area contributed by atoms with Crippen LogP contribution < -0.4 is 4.74 Å². The Labute approximate surface area is 189 Å². The number of carbonyl (C=O) groups is 1. The molecule has 1 amide bonds. The predicted octanol–water partition coefficient (Wildman–Crippen LogP) is 6.50. The molecule has 0 bridgehead atoms. The number of methoxy groups -OCH3 is 1. The molecule has 2 aromatic rings. The van der Waals surface area contributed by atoms with Gasteiger partial charge in [-0.25, -0.2) is 4.99 Å². The van der Waals surface area contributed by atoms with Crippen molar-refractivity contribution in [3.05, 3.63) is 64.1 Å². The highest BCUT2D eigenvalue weighted by molar-refractivity contribution is 8.18. The number of para-hydroxylation sites is 1. The maximum absolute atomic E-state index is 13.5. The van der Waals surface area contributed by atoms with Crippen LogP contribution in [0.25, 0.3) is 6.08 Å². The number of amidine groups is 1. The maximum Gasteiger partial charge on any atom is 0.267 e. The van der Waals surface area contributed by atoms with Gasteiger partial charge in [-0.1, -0.05) is 50.5 Å². The number of rotatable bonds is 5. The Kier molecular flexibility index (Phi) is 6.81. The van der Waals surface area contributed by atoms with E-state index in [1.54, 1.807) is 7.11 Å². The van der Waals surface area contributed by atoms with E-state index in [4.69, 9.17) is 9.73 Å². The molecule has 4 rings (SSSR count). The summed E-state index contributed by atoms with van der Waals surface area (Å²) in [5.41, 5.74) is 4.23. The van der Waals surface area contributed by atoms with Crippen LogP contribution in [0.5, 0.6) is 5.75 Å². The zero-order valence-corrected chi connectivity index (χ0v) is 19.4.